The van der Waals surface area contributed by atoms with Gasteiger partial charge in [-0.25, -0.2) is 0 Å². The van der Waals surface area contributed by atoms with Gasteiger partial charge in [0.25, 0.3) is 0 Å². The Kier molecular flexibility index (Phi) is 3.72. The van der Waals surface area contributed by atoms with E-state index >= 15 is 0 Å². The molecule has 2 aromatic heterocycles. The Morgan fingerprint density at radius 3 is 2.52 bits per heavy atom. The van der Waals surface area contributed by atoms with Gasteiger partial charge in [-0.2, -0.15) is 4.52 Å². The maximum Gasteiger partial charge on any atom is 0.312 e. The number of hydrogen-bond donors (Lipinski definition) is 0. The number of nitrogens with zero attached hydrogens (tertiary/aromatic N) is 5. The molecule has 1 aliphatic rings. The van der Waals surface area contributed by atoms with Gasteiger partial charge in [0.2, 0.25) is 0 Å². The summed E-state index contributed by atoms with van der Waals surface area (Å²) in [5.41, 5.74) is 1.56. The highest BCUT2D eigenvalue weighted by molar-refractivity contribution is 5.76. The number of aromatic nitrogens is 4. The summed E-state index contributed by atoms with van der Waals surface area (Å²) >= 11 is 0. The molecule has 1 aliphatic heterocycles. The zero-order valence-electron chi connectivity index (χ0n) is 13.9. The summed E-state index contributed by atoms with van der Waals surface area (Å²) in [5, 5.41) is 13.0. The fraction of sp³-hybridized carbons (Fsp3) is 0.294. The number of ether oxygens (including phenoxy) is 2. The molecule has 0 bridgehead atoms. The number of carbonyl (C=O) groups is 1. The van der Waals surface area contributed by atoms with Gasteiger partial charge in [0, 0.05) is 18.7 Å². The number of carbonyl (C=O) groups excluding carboxylic acids is 1. The normalized spacial score (nSPS) is 14.4. The van der Waals surface area contributed by atoms with Crippen LogP contribution in [0.1, 0.15) is 0 Å². The van der Waals surface area contributed by atoms with E-state index in [0.29, 0.717) is 24.6 Å². The zero-order valence-corrected chi connectivity index (χ0v) is 13.9. The van der Waals surface area contributed by atoms with Crippen LogP contribution in [0.5, 0.6) is 5.75 Å². The Hall–Kier alpha value is -3.16. The number of hydrogen-bond acceptors (Lipinski definition) is 7. The Labute approximate surface area is 144 Å². The van der Waals surface area contributed by atoms with E-state index in [-0.39, 0.29) is 11.9 Å². The van der Waals surface area contributed by atoms with Gasteiger partial charge >= 0.3 is 5.97 Å². The van der Waals surface area contributed by atoms with Crippen LogP contribution in [0.15, 0.2) is 36.4 Å². The molecule has 4 rings (SSSR count). The van der Waals surface area contributed by atoms with Crippen LogP contribution >= 0.6 is 0 Å². The largest absolute Gasteiger partial charge is 0.497 e. The van der Waals surface area contributed by atoms with E-state index in [2.05, 4.69) is 15.3 Å². The second kappa shape index (κ2) is 6.04. The van der Waals surface area contributed by atoms with Crippen LogP contribution in [0.25, 0.3) is 17.0 Å². The maximum absolute atomic E-state index is 11.5. The highest BCUT2D eigenvalue weighted by atomic mass is 16.5. The first-order valence-corrected chi connectivity index (χ1v) is 7.89. The average Bonchev–Trinajstić information content (AvgIpc) is 3.03. The summed E-state index contributed by atoms with van der Waals surface area (Å²) in [6.45, 7) is 1.20. The molecule has 1 saturated heterocycles. The summed E-state index contributed by atoms with van der Waals surface area (Å²) in [6.07, 6.45) is 0. The quantitative estimate of drug-likeness (QED) is 0.665. The SMILES string of the molecule is COC(=O)C1CN(c2ccc3nnc(-c4ccc(OC)cc4)n3n2)C1. The smallest absolute Gasteiger partial charge is 0.312 e. The number of methoxy groups -OCH3 is 2. The number of fused-ring (bicyclic) bond motifs is 1. The van der Waals surface area contributed by atoms with E-state index in [9.17, 15) is 4.79 Å². The zero-order chi connectivity index (χ0) is 17.4. The van der Waals surface area contributed by atoms with Crippen molar-refractivity contribution in [3.05, 3.63) is 36.4 Å². The number of anilines is 1. The molecule has 0 saturated carbocycles. The lowest BCUT2D eigenvalue weighted by Gasteiger charge is -2.38. The first-order valence-electron chi connectivity index (χ1n) is 7.89. The Balaban J connectivity index is 1.63. The monoisotopic (exact) mass is 339 g/mol. The van der Waals surface area contributed by atoms with Crippen LogP contribution in [-0.4, -0.2) is 53.1 Å². The molecule has 25 heavy (non-hydrogen) atoms. The topological polar surface area (TPSA) is 81.8 Å². The van der Waals surface area contributed by atoms with E-state index in [1.807, 2.05) is 41.3 Å². The minimum atomic E-state index is -0.180. The molecule has 128 valence electrons. The van der Waals surface area contributed by atoms with E-state index < -0.39 is 0 Å². The highest BCUT2D eigenvalue weighted by Gasteiger charge is 2.34. The lowest BCUT2D eigenvalue weighted by Crippen LogP contribution is -2.51. The van der Waals surface area contributed by atoms with Crippen LogP contribution < -0.4 is 9.64 Å². The summed E-state index contributed by atoms with van der Waals surface area (Å²) in [5.74, 6) is 1.94. The minimum absolute atomic E-state index is 0.0931. The van der Waals surface area contributed by atoms with Crippen molar-refractivity contribution in [2.24, 2.45) is 5.92 Å². The van der Waals surface area contributed by atoms with E-state index in [0.717, 1.165) is 17.1 Å². The van der Waals surface area contributed by atoms with Crippen molar-refractivity contribution in [2.75, 3.05) is 32.2 Å². The third-order valence-electron chi connectivity index (χ3n) is 4.34. The second-order valence-corrected chi connectivity index (χ2v) is 5.84. The highest BCUT2D eigenvalue weighted by Crippen LogP contribution is 2.26. The molecule has 0 atom stereocenters. The van der Waals surface area contributed by atoms with Gasteiger partial charge in [0.15, 0.2) is 11.5 Å². The van der Waals surface area contributed by atoms with Crippen LogP contribution in [0.3, 0.4) is 0 Å². The molecule has 0 N–H and O–H groups in total. The second-order valence-electron chi connectivity index (χ2n) is 5.84. The molecule has 0 radical (unpaired) electrons. The molecule has 8 heteroatoms. The molecule has 3 aromatic rings. The number of esters is 1. The molecule has 1 aromatic carbocycles. The van der Waals surface area contributed by atoms with Gasteiger partial charge in [-0.3, -0.25) is 4.79 Å². The first kappa shape index (κ1) is 15.4. The van der Waals surface area contributed by atoms with Crippen LogP contribution in [0.4, 0.5) is 5.82 Å². The lowest BCUT2D eigenvalue weighted by atomic mass is 10.0. The third-order valence-corrected chi connectivity index (χ3v) is 4.34. The summed E-state index contributed by atoms with van der Waals surface area (Å²) < 4.78 is 11.7. The van der Waals surface area contributed by atoms with Gasteiger partial charge in [-0.1, -0.05) is 0 Å². The average molecular weight is 339 g/mol. The van der Waals surface area contributed by atoms with Crippen molar-refractivity contribution in [2.45, 2.75) is 0 Å². The van der Waals surface area contributed by atoms with Crippen LogP contribution in [0.2, 0.25) is 0 Å². The van der Waals surface area contributed by atoms with Crippen LogP contribution in [0, 0.1) is 5.92 Å². The van der Waals surface area contributed by atoms with E-state index in [1.165, 1.54) is 7.11 Å². The Morgan fingerprint density at radius 2 is 1.84 bits per heavy atom. The Bertz CT molecular complexity index is 916. The molecule has 0 aliphatic carbocycles. The fourth-order valence-electron chi connectivity index (χ4n) is 2.85. The van der Waals surface area contributed by atoms with Crippen molar-refractivity contribution in [1.29, 1.82) is 0 Å². The van der Waals surface area contributed by atoms with Crippen molar-refractivity contribution < 1.29 is 14.3 Å². The molecular weight excluding hydrogens is 322 g/mol. The van der Waals surface area contributed by atoms with E-state index in [4.69, 9.17) is 9.47 Å². The first-order chi connectivity index (χ1) is 12.2. The predicted molar refractivity (Wildman–Crippen MR) is 90.5 cm³/mol. The molecule has 8 nitrogen and oxygen atoms in total. The van der Waals surface area contributed by atoms with Gasteiger partial charge < -0.3 is 14.4 Å². The Morgan fingerprint density at radius 1 is 1.08 bits per heavy atom. The molecule has 0 unspecified atom stereocenters. The lowest BCUT2D eigenvalue weighted by molar-refractivity contribution is -0.146. The number of benzene rings is 1. The molecular formula is C17H17N5O3. The predicted octanol–water partition coefficient (Wildman–Crippen LogP) is 1.41. The van der Waals surface area contributed by atoms with E-state index in [1.54, 1.807) is 11.6 Å². The van der Waals surface area contributed by atoms with Gasteiger partial charge in [0.05, 0.1) is 20.1 Å². The van der Waals surface area contributed by atoms with Crippen molar-refractivity contribution in [3.63, 3.8) is 0 Å². The van der Waals surface area contributed by atoms with Crippen molar-refractivity contribution in [1.82, 2.24) is 19.8 Å². The summed E-state index contributed by atoms with van der Waals surface area (Å²) in [7, 11) is 3.04. The molecule has 0 amide bonds. The maximum atomic E-state index is 11.5. The summed E-state index contributed by atoms with van der Waals surface area (Å²) in [6, 6.07) is 11.3. The van der Waals surface area contributed by atoms with Gasteiger partial charge in [-0.15, -0.1) is 15.3 Å². The van der Waals surface area contributed by atoms with Gasteiger partial charge in [0.1, 0.15) is 11.6 Å². The van der Waals surface area contributed by atoms with Crippen LogP contribution in [-0.2, 0) is 9.53 Å². The van der Waals surface area contributed by atoms with Gasteiger partial charge in [-0.05, 0) is 36.4 Å². The van der Waals surface area contributed by atoms with Crippen molar-refractivity contribution in [3.8, 4) is 17.1 Å². The molecule has 1 fully saturated rings. The molecule has 0 spiro atoms. The third kappa shape index (κ3) is 2.65. The van der Waals surface area contributed by atoms with Crippen molar-refractivity contribution >= 4 is 17.4 Å². The summed E-state index contributed by atoms with van der Waals surface area (Å²) in [4.78, 5) is 13.6. The minimum Gasteiger partial charge on any atom is -0.497 e. The fourth-order valence-corrected chi connectivity index (χ4v) is 2.85. The molecule has 3 heterocycles. The number of rotatable bonds is 4. The standard InChI is InChI=1S/C17H17N5O3/c1-24-13-5-3-11(4-6-13)16-19-18-14-7-8-15(20-22(14)16)21-9-12(10-21)17(23)25-2/h3-8,12H,9-10H2,1-2H3.